The van der Waals surface area contributed by atoms with Gasteiger partial charge in [-0.3, -0.25) is 4.79 Å². The molecule has 3 rings (SSSR count). The van der Waals surface area contributed by atoms with E-state index in [9.17, 15) is 9.18 Å². The lowest BCUT2D eigenvalue weighted by molar-refractivity contribution is 0.0786. The number of aromatic nitrogens is 3. The molecule has 0 aliphatic carbocycles. The fourth-order valence-electron chi connectivity index (χ4n) is 3.23. The minimum Gasteiger partial charge on any atom is -0.352 e. The van der Waals surface area contributed by atoms with E-state index in [1.807, 2.05) is 25.1 Å². The van der Waals surface area contributed by atoms with Gasteiger partial charge >= 0.3 is 0 Å². The molecule has 1 aliphatic heterocycles. The van der Waals surface area contributed by atoms with E-state index < -0.39 is 6.17 Å². The summed E-state index contributed by atoms with van der Waals surface area (Å²) in [5, 5.41) is 8.88. The zero-order valence-electron chi connectivity index (χ0n) is 15.6. The number of carbonyl (C=O) groups is 1. The van der Waals surface area contributed by atoms with E-state index in [-0.39, 0.29) is 18.5 Å². The molecule has 0 spiro atoms. The molecule has 0 saturated carbocycles. The lowest BCUT2D eigenvalue weighted by Crippen LogP contribution is -2.41. The van der Waals surface area contributed by atoms with Crippen molar-refractivity contribution in [3.05, 3.63) is 35.8 Å². The van der Waals surface area contributed by atoms with E-state index in [1.54, 1.807) is 29.1 Å². The number of rotatable bonds is 5. The zero-order chi connectivity index (χ0) is 19.6. The molecule has 0 unspecified atom stereocenters. The van der Waals surface area contributed by atoms with Gasteiger partial charge < -0.3 is 19.7 Å². The highest BCUT2D eigenvalue weighted by Crippen LogP contribution is 2.27. The third-order valence-electron chi connectivity index (χ3n) is 4.57. The fraction of sp³-hybridized carbons (Fsp3) is 0.444. The Hall–Kier alpha value is -3.15. The normalized spacial score (nSPS) is 19.0. The van der Waals surface area contributed by atoms with Gasteiger partial charge in [0, 0.05) is 46.5 Å². The number of aromatic amines is 1. The second kappa shape index (κ2) is 7.61. The Labute approximate surface area is 157 Å². The number of anilines is 2. The molecule has 2 aromatic rings. The quantitative estimate of drug-likeness (QED) is 0.855. The van der Waals surface area contributed by atoms with Crippen molar-refractivity contribution in [2.24, 2.45) is 0 Å². The van der Waals surface area contributed by atoms with Crippen LogP contribution in [0.3, 0.4) is 0 Å². The molecule has 1 fully saturated rings. The monoisotopic (exact) mass is 371 g/mol. The summed E-state index contributed by atoms with van der Waals surface area (Å²) in [7, 11) is 5.37. The molecular formula is C18H22FN7O. The van der Waals surface area contributed by atoms with E-state index in [2.05, 4.69) is 15.0 Å². The Morgan fingerprint density at radius 1 is 1.48 bits per heavy atom. The first-order valence-electron chi connectivity index (χ1n) is 8.64. The molecule has 27 heavy (non-hydrogen) atoms. The van der Waals surface area contributed by atoms with Crippen LogP contribution >= 0.6 is 0 Å². The highest BCUT2D eigenvalue weighted by molar-refractivity contribution is 5.94. The summed E-state index contributed by atoms with van der Waals surface area (Å²) in [6.45, 7) is 0.590. The van der Waals surface area contributed by atoms with Crippen LogP contribution in [0.4, 0.5) is 16.2 Å². The van der Waals surface area contributed by atoms with E-state index in [4.69, 9.17) is 5.26 Å². The van der Waals surface area contributed by atoms with Gasteiger partial charge in [0.25, 0.3) is 5.91 Å². The predicted molar refractivity (Wildman–Crippen MR) is 99.5 cm³/mol. The van der Waals surface area contributed by atoms with Gasteiger partial charge in [-0.2, -0.15) is 10.2 Å². The first kappa shape index (κ1) is 18.6. The molecule has 1 aliphatic rings. The molecule has 0 radical (unpaired) electrons. The number of nitrogens with one attached hydrogen (secondary N) is 1. The van der Waals surface area contributed by atoms with Gasteiger partial charge in [-0.15, -0.1) is 0 Å². The number of carbonyl (C=O) groups excluding carboxylic acids is 1. The third kappa shape index (κ3) is 4.00. The van der Waals surface area contributed by atoms with Crippen LogP contribution in [-0.2, 0) is 0 Å². The van der Waals surface area contributed by atoms with Crippen LogP contribution in [0.15, 0.2) is 24.5 Å². The molecule has 0 bridgehead atoms. The number of H-pyrrole nitrogens is 1. The van der Waals surface area contributed by atoms with Crippen molar-refractivity contribution >= 4 is 17.7 Å². The fourth-order valence-corrected chi connectivity index (χ4v) is 3.23. The molecule has 1 N–H and O–H groups in total. The molecular weight excluding hydrogens is 349 g/mol. The minimum absolute atomic E-state index is 0.187. The first-order chi connectivity index (χ1) is 12.9. The molecule has 142 valence electrons. The summed E-state index contributed by atoms with van der Waals surface area (Å²) in [5.41, 5.74) is 0.739. The first-order valence-corrected chi connectivity index (χ1v) is 8.64. The standard InChI is InChI=1S/C18H22FN7O/c1-24(2)18-21-5-4-16(23-18)26-10-13(19)7-15(26)11-25(3)17(27)12-6-14(8-20)22-9-12/h4-6,9,13,15,22H,7,10-11H2,1-3H3/t13-,15-/m0/s1. The van der Waals surface area contributed by atoms with Crippen LogP contribution in [0.1, 0.15) is 22.5 Å². The average Bonchev–Trinajstić information content (AvgIpc) is 3.27. The van der Waals surface area contributed by atoms with Crippen LogP contribution < -0.4 is 9.80 Å². The largest absolute Gasteiger partial charge is 0.352 e. The molecule has 3 heterocycles. The van der Waals surface area contributed by atoms with E-state index in [0.29, 0.717) is 36.0 Å². The maximum absolute atomic E-state index is 14.2. The Morgan fingerprint density at radius 2 is 2.26 bits per heavy atom. The van der Waals surface area contributed by atoms with Crippen molar-refractivity contribution in [2.45, 2.75) is 18.6 Å². The van der Waals surface area contributed by atoms with Gasteiger partial charge in [-0.05, 0) is 12.1 Å². The zero-order valence-corrected chi connectivity index (χ0v) is 15.6. The number of alkyl halides is 1. The van der Waals surface area contributed by atoms with Gasteiger partial charge in [-0.1, -0.05) is 0 Å². The van der Waals surface area contributed by atoms with E-state index in [1.165, 1.54) is 12.3 Å². The molecule has 9 heteroatoms. The van der Waals surface area contributed by atoms with Gasteiger partial charge in [0.15, 0.2) is 0 Å². The number of nitrogens with zero attached hydrogens (tertiary/aromatic N) is 6. The van der Waals surface area contributed by atoms with Crippen LogP contribution in [-0.4, -0.2) is 72.2 Å². The van der Waals surface area contributed by atoms with Crippen molar-refractivity contribution < 1.29 is 9.18 Å². The molecule has 2 atom stereocenters. The van der Waals surface area contributed by atoms with Crippen molar-refractivity contribution in [2.75, 3.05) is 44.0 Å². The average molecular weight is 371 g/mol. The second-order valence-corrected chi connectivity index (χ2v) is 6.85. The Bertz CT molecular complexity index is 859. The predicted octanol–water partition coefficient (Wildman–Crippen LogP) is 1.43. The maximum Gasteiger partial charge on any atom is 0.255 e. The molecule has 2 aromatic heterocycles. The number of halogens is 1. The van der Waals surface area contributed by atoms with E-state index in [0.717, 1.165) is 0 Å². The number of nitriles is 1. The van der Waals surface area contributed by atoms with Gasteiger partial charge in [-0.25, -0.2) is 9.37 Å². The summed E-state index contributed by atoms with van der Waals surface area (Å²) < 4.78 is 14.2. The number of likely N-dealkylation sites (N-methyl/N-ethyl adjacent to an activating group) is 1. The van der Waals surface area contributed by atoms with Gasteiger partial charge in [0.1, 0.15) is 23.8 Å². The topological polar surface area (TPSA) is 92.2 Å². The molecule has 1 amide bonds. The van der Waals surface area contributed by atoms with Crippen LogP contribution in [0.2, 0.25) is 0 Å². The summed E-state index contributed by atoms with van der Waals surface area (Å²) in [6, 6.07) is 5.04. The second-order valence-electron chi connectivity index (χ2n) is 6.85. The number of hydrogen-bond donors (Lipinski definition) is 1. The van der Waals surface area contributed by atoms with Crippen molar-refractivity contribution in [3.8, 4) is 6.07 Å². The van der Waals surface area contributed by atoms with Crippen LogP contribution in [0.5, 0.6) is 0 Å². The highest BCUT2D eigenvalue weighted by atomic mass is 19.1. The highest BCUT2D eigenvalue weighted by Gasteiger charge is 2.34. The Morgan fingerprint density at radius 3 is 2.93 bits per heavy atom. The summed E-state index contributed by atoms with van der Waals surface area (Å²) >= 11 is 0. The lowest BCUT2D eigenvalue weighted by atomic mass is 10.2. The van der Waals surface area contributed by atoms with Crippen molar-refractivity contribution in [1.29, 1.82) is 5.26 Å². The third-order valence-corrected chi connectivity index (χ3v) is 4.57. The van der Waals surface area contributed by atoms with Gasteiger partial charge in [0.2, 0.25) is 5.95 Å². The SMILES string of the molecule is CN(C[C@@H]1C[C@H](F)CN1c1ccnc(N(C)C)n1)C(=O)c1c[nH]c(C#N)c1. The number of hydrogen-bond acceptors (Lipinski definition) is 6. The minimum atomic E-state index is -0.978. The Kier molecular flexibility index (Phi) is 5.26. The van der Waals surface area contributed by atoms with Crippen LogP contribution in [0.25, 0.3) is 0 Å². The van der Waals surface area contributed by atoms with Crippen LogP contribution in [0, 0.1) is 11.3 Å². The van der Waals surface area contributed by atoms with Crippen molar-refractivity contribution in [1.82, 2.24) is 19.9 Å². The number of amides is 1. The molecule has 8 nitrogen and oxygen atoms in total. The lowest BCUT2D eigenvalue weighted by Gasteiger charge is -2.29. The summed E-state index contributed by atoms with van der Waals surface area (Å²) in [5.74, 6) is 0.981. The maximum atomic E-state index is 14.2. The summed E-state index contributed by atoms with van der Waals surface area (Å²) in [6.07, 6.45) is 2.51. The van der Waals surface area contributed by atoms with E-state index >= 15 is 0 Å². The molecule has 0 aromatic carbocycles. The molecule has 1 saturated heterocycles. The van der Waals surface area contributed by atoms with Crippen molar-refractivity contribution in [3.63, 3.8) is 0 Å². The Balaban J connectivity index is 1.75. The van der Waals surface area contributed by atoms with Gasteiger partial charge in [0.05, 0.1) is 18.2 Å². The summed E-state index contributed by atoms with van der Waals surface area (Å²) in [4.78, 5) is 29.2. The smallest absolute Gasteiger partial charge is 0.255 e.